The van der Waals surface area contributed by atoms with Crippen LogP contribution in [0.25, 0.3) is 0 Å². The molecule has 0 aliphatic heterocycles. The maximum atomic E-state index is 9.32. The molecule has 0 radical (unpaired) electrons. The molecule has 2 aromatic rings. The third kappa shape index (κ3) is 3.50. The van der Waals surface area contributed by atoms with Crippen LogP contribution in [0.4, 0.5) is 5.13 Å². The second-order valence-electron chi connectivity index (χ2n) is 4.17. The van der Waals surface area contributed by atoms with Crippen LogP contribution in [0.3, 0.4) is 0 Å². The van der Waals surface area contributed by atoms with Crippen LogP contribution in [0, 0.1) is 6.92 Å². The fourth-order valence-corrected chi connectivity index (χ4v) is 3.18. The molecule has 1 N–H and O–H groups in total. The van der Waals surface area contributed by atoms with E-state index in [9.17, 15) is 5.11 Å². The van der Waals surface area contributed by atoms with Crippen molar-refractivity contribution < 1.29 is 9.84 Å². The van der Waals surface area contributed by atoms with Gasteiger partial charge in [0.1, 0.15) is 0 Å². The van der Waals surface area contributed by atoms with Gasteiger partial charge in [0.15, 0.2) is 5.13 Å². The summed E-state index contributed by atoms with van der Waals surface area (Å²) in [5.41, 5.74) is 1.85. The molecule has 2 heterocycles. The first-order valence-corrected chi connectivity index (χ1v) is 7.54. The van der Waals surface area contributed by atoms with Gasteiger partial charge in [-0.25, -0.2) is 9.97 Å². The van der Waals surface area contributed by atoms with Crippen molar-refractivity contribution in [3.63, 3.8) is 0 Å². The summed E-state index contributed by atoms with van der Waals surface area (Å²) < 4.78 is 5.09. The number of rotatable bonds is 6. The molecule has 0 amide bonds. The van der Waals surface area contributed by atoms with Crippen molar-refractivity contribution in [1.29, 1.82) is 0 Å². The molecule has 0 bridgehead atoms. The molecular weight excluding hydrogens is 282 g/mol. The van der Waals surface area contributed by atoms with Crippen molar-refractivity contribution in [2.75, 3.05) is 19.1 Å². The van der Waals surface area contributed by atoms with Gasteiger partial charge in [-0.15, -0.1) is 11.3 Å². The molecule has 5 nitrogen and oxygen atoms in total. The van der Waals surface area contributed by atoms with E-state index in [4.69, 9.17) is 4.74 Å². The average Bonchev–Trinajstić information content (AvgIpc) is 2.96. The van der Waals surface area contributed by atoms with Gasteiger partial charge in [0.25, 0.3) is 0 Å². The van der Waals surface area contributed by atoms with Gasteiger partial charge in [-0.3, -0.25) is 0 Å². The number of aliphatic hydroxyl groups is 1. The van der Waals surface area contributed by atoms with E-state index in [2.05, 4.69) is 15.3 Å². The highest BCUT2D eigenvalue weighted by molar-refractivity contribution is 7.15. The summed E-state index contributed by atoms with van der Waals surface area (Å²) >= 11 is 3.14. The lowest BCUT2D eigenvalue weighted by Gasteiger charge is -2.13. The van der Waals surface area contributed by atoms with E-state index in [-0.39, 0.29) is 6.61 Å². The van der Waals surface area contributed by atoms with Crippen LogP contribution in [0.2, 0.25) is 0 Å². The molecule has 0 saturated carbocycles. The molecule has 0 fully saturated rings. The van der Waals surface area contributed by atoms with Crippen LogP contribution in [-0.4, -0.2) is 29.2 Å². The zero-order valence-corrected chi connectivity index (χ0v) is 12.8. The quantitative estimate of drug-likeness (QED) is 0.886. The average molecular weight is 299 g/mol. The minimum atomic E-state index is 0.00000913. The maximum Gasteiger partial charge on any atom is 0.186 e. The van der Waals surface area contributed by atoms with Crippen molar-refractivity contribution in [2.24, 2.45) is 0 Å². The molecule has 0 aliphatic rings. The summed E-state index contributed by atoms with van der Waals surface area (Å²) in [6, 6.07) is 0. The second-order valence-corrected chi connectivity index (χ2v) is 6.30. The molecular formula is C12H17N3O2S2. The van der Waals surface area contributed by atoms with E-state index in [1.54, 1.807) is 18.4 Å². The Hall–Kier alpha value is -1.02. The Labute approximate surface area is 120 Å². The van der Waals surface area contributed by atoms with Gasteiger partial charge in [0, 0.05) is 19.5 Å². The predicted molar refractivity (Wildman–Crippen MR) is 77.7 cm³/mol. The molecule has 0 saturated heterocycles. The molecule has 0 aromatic carbocycles. The number of ether oxygens (including phenoxy) is 1. The van der Waals surface area contributed by atoms with E-state index >= 15 is 0 Å². The molecule has 104 valence electrons. The fraction of sp³-hybridized carbons (Fsp3) is 0.500. The third-order valence-electron chi connectivity index (χ3n) is 2.58. The van der Waals surface area contributed by atoms with E-state index in [1.807, 2.05) is 18.9 Å². The number of aliphatic hydroxyl groups excluding tert-OH is 1. The van der Waals surface area contributed by atoms with Gasteiger partial charge >= 0.3 is 0 Å². The number of anilines is 1. The Kier molecular flexibility index (Phi) is 4.87. The molecule has 0 spiro atoms. The Balaban J connectivity index is 2.12. The van der Waals surface area contributed by atoms with Crippen molar-refractivity contribution >= 4 is 27.8 Å². The summed E-state index contributed by atoms with van der Waals surface area (Å²) in [6.45, 7) is 3.14. The Morgan fingerprint density at radius 1 is 1.42 bits per heavy atom. The lowest BCUT2D eigenvalue weighted by molar-refractivity contribution is 0.179. The Morgan fingerprint density at radius 3 is 2.79 bits per heavy atom. The summed E-state index contributed by atoms with van der Waals surface area (Å²) in [7, 11) is 3.60. The zero-order chi connectivity index (χ0) is 13.8. The number of nitrogens with zero attached hydrogens (tertiary/aromatic N) is 3. The maximum absolute atomic E-state index is 9.32. The smallest absolute Gasteiger partial charge is 0.186 e. The minimum Gasteiger partial charge on any atom is -0.391 e. The number of thiazole rings is 2. The molecule has 19 heavy (non-hydrogen) atoms. The molecule has 0 atom stereocenters. The van der Waals surface area contributed by atoms with Gasteiger partial charge in [0.2, 0.25) is 0 Å². The van der Waals surface area contributed by atoms with E-state index in [0.717, 1.165) is 32.9 Å². The summed E-state index contributed by atoms with van der Waals surface area (Å²) in [4.78, 5) is 11.8. The third-order valence-corrected chi connectivity index (χ3v) is 4.60. The highest BCUT2D eigenvalue weighted by Gasteiger charge is 2.14. The van der Waals surface area contributed by atoms with E-state index in [1.165, 1.54) is 11.3 Å². The van der Waals surface area contributed by atoms with Gasteiger partial charge in [-0.2, -0.15) is 0 Å². The fourth-order valence-electron chi connectivity index (χ4n) is 1.70. The molecule has 0 unspecified atom stereocenters. The Bertz CT molecular complexity index is 539. The predicted octanol–water partition coefficient (Wildman–Crippen LogP) is 2.18. The molecule has 0 aliphatic carbocycles. The van der Waals surface area contributed by atoms with Crippen LogP contribution in [0.1, 0.15) is 21.3 Å². The first-order valence-electron chi connectivity index (χ1n) is 5.84. The highest BCUT2D eigenvalue weighted by atomic mass is 32.1. The summed E-state index contributed by atoms with van der Waals surface area (Å²) in [5.74, 6) is 0. The Morgan fingerprint density at radius 2 is 2.21 bits per heavy atom. The first kappa shape index (κ1) is 14.4. The lowest BCUT2D eigenvalue weighted by atomic mass is 10.4. The number of aromatic nitrogens is 2. The van der Waals surface area contributed by atoms with Gasteiger partial charge in [0.05, 0.1) is 41.0 Å². The number of hydrogen-bond acceptors (Lipinski definition) is 7. The van der Waals surface area contributed by atoms with Gasteiger partial charge in [-0.1, -0.05) is 11.3 Å². The summed E-state index contributed by atoms with van der Waals surface area (Å²) in [5, 5.41) is 13.3. The number of aryl methyl sites for hydroxylation is 1. The minimum absolute atomic E-state index is 0.00000913. The van der Waals surface area contributed by atoms with Gasteiger partial charge < -0.3 is 14.7 Å². The lowest BCUT2D eigenvalue weighted by Crippen LogP contribution is -2.16. The van der Waals surface area contributed by atoms with Crippen LogP contribution in [0.5, 0.6) is 0 Å². The molecule has 2 rings (SSSR count). The molecule has 7 heteroatoms. The number of hydrogen-bond donors (Lipinski definition) is 1. The van der Waals surface area contributed by atoms with Crippen LogP contribution >= 0.6 is 22.7 Å². The topological polar surface area (TPSA) is 58.5 Å². The highest BCUT2D eigenvalue weighted by Crippen LogP contribution is 2.27. The van der Waals surface area contributed by atoms with Crippen LogP contribution in [0.15, 0.2) is 5.38 Å². The zero-order valence-electron chi connectivity index (χ0n) is 11.2. The van der Waals surface area contributed by atoms with Crippen LogP contribution < -0.4 is 4.90 Å². The SMILES string of the molecule is COCc1nc(N(C)Cc2csc(C)n2)sc1CO. The van der Waals surface area contributed by atoms with Crippen molar-refractivity contribution in [3.8, 4) is 0 Å². The van der Waals surface area contributed by atoms with Crippen molar-refractivity contribution in [3.05, 3.63) is 26.7 Å². The van der Waals surface area contributed by atoms with E-state index < -0.39 is 0 Å². The van der Waals surface area contributed by atoms with Crippen LogP contribution in [-0.2, 0) is 24.5 Å². The monoisotopic (exact) mass is 299 g/mol. The second kappa shape index (κ2) is 6.42. The van der Waals surface area contributed by atoms with Crippen molar-refractivity contribution in [1.82, 2.24) is 9.97 Å². The van der Waals surface area contributed by atoms with Gasteiger partial charge in [-0.05, 0) is 6.92 Å². The van der Waals surface area contributed by atoms with Crippen molar-refractivity contribution in [2.45, 2.75) is 26.7 Å². The number of methoxy groups -OCH3 is 1. The standard InChI is InChI=1S/C12H17N3O2S2/c1-8-13-9(7-18-8)4-15(2)12-14-10(6-17-3)11(5-16)19-12/h7,16H,4-6H2,1-3H3. The first-order chi connectivity index (χ1) is 9.13. The largest absolute Gasteiger partial charge is 0.391 e. The summed E-state index contributed by atoms with van der Waals surface area (Å²) in [6.07, 6.45) is 0. The normalized spacial score (nSPS) is 10.9. The molecule has 2 aromatic heterocycles. The van der Waals surface area contributed by atoms with E-state index in [0.29, 0.717) is 6.61 Å².